The van der Waals surface area contributed by atoms with Crippen LogP contribution in [0.3, 0.4) is 0 Å². The predicted octanol–water partition coefficient (Wildman–Crippen LogP) is 14.6. The molecule has 0 saturated heterocycles. The molecular formula is C48H91NO3. The van der Waals surface area contributed by atoms with Gasteiger partial charge in [-0.3, -0.25) is 4.79 Å². The second kappa shape index (κ2) is 44.0. The zero-order chi connectivity index (χ0) is 37.8. The zero-order valence-corrected chi connectivity index (χ0v) is 35.1. The van der Waals surface area contributed by atoms with E-state index in [2.05, 4.69) is 43.5 Å². The lowest BCUT2D eigenvalue weighted by atomic mass is 10.0. The van der Waals surface area contributed by atoms with Crippen molar-refractivity contribution in [3.05, 3.63) is 36.5 Å². The van der Waals surface area contributed by atoms with Gasteiger partial charge in [0.05, 0.1) is 18.8 Å². The molecular weight excluding hydrogens is 639 g/mol. The molecule has 4 heteroatoms. The van der Waals surface area contributed by atoms with E-state index in [1.54, 1.807) is 6.08 Å². The van der Waals surface area contributed by atoms with Crippen LogP contribution in [0.15, 0.2) is 36.5 Å². The van der Waals surface area contributed by atoms with Crippen LogP contribution >= 0.6 is 0 Å². The lowest BCUT2D eigenvalue weighted by Crippen LogP contribution is -2.45. The van der Waals surface area contributed by atoms with Gasteiger partial charge in [0.1, 0.15) is 0 Å². The summed E-state index contributed by atoms with van der Waals surface area (Å²) in [5, 5.41) is 23.0. The van der Waals surface area contributed by atoms with Crippen LogP contribution in [0.2, 0.25) is 0 Å². The lowest BCUT2D eigenvalue weighted by molar-refractivity contribution is -0.123. The van der Waals surface area contributed by atoms with Gasteiger partial charge in [-0.1, -0.05) is 230 Å². The maximum absolute atomic E-state index is 12.4. The molecule has 3 N–H and O–H groups in total. The van der Waals surface area contributed by atoms with Crippen molar-refractivity contribution in [3.8, 4) is 0 Å². The average molecular weight is 730 g/mol. The molecule has 0 rings (SSSR count). The van der Waals surface area contributed by atoms with Crippen molar-refractivity contribution in [1.29, 1.82) is 0 Å². The minimum Gasteiger partial charge on any atom is -0.394 e. The quantitative estimate of drug-likeness (QED) is 0.0433. The molecule has 0 bridgehead atoms. The van der Waals surface area contributed by atoms with Crippen LogP contribution in [-0.4, -0.2) is 34.9 Å². The third kappa shape index (κ3) is 39.8. The molecule has 0 spiro atoms. The van der Waals surface area contributed by atoms with Crippen molar-refractivity contribution in [2.45, 2.75) is 257 Å². The number of aliphatic hydroxyl groups excluding tert-OH is 2. The Morgan fingerprint density at radius 2 is 0.750 bits per heavy atom. The van der Waals surface area contributed by atoms with Crippen molar-refractivity contribution >= 4 is 5.91 Å². The van der Waals surface area contributed by atoms with Crippen molar-refractivity contribution in [3.63, 3.8) is 0 Å². The number of allylic oxidation sites excluding steroid dienone is 5. The topological polar surface area (TPSA) is 69.6 Å². The fourth-order valence-corrected chi connectivity index (χ4v) is 7.03. The Labute approximate surface area is 325 Å². The summed E-state index contributed by atoms with van der Waals surface area (Å²) >= 11 is 0. The highest BCUT2D eigenvalue weighted by Gasteiger charge is 2.17. The van der Waals surface area contributed by atoms with Crippen LogP contribution in [0, 0.1) is 0 Å². The molecule has 306 valence electrons. The Bertz CT molecular complexity index is 790. The van der Waals surface area contributed by atoms with E-state index >= 15 is 0 Å². The first-order chi connectivity index (χ1) is 25.7. The monoisotopic (exact) mass is 730 g/mol. The van der Waals surface area contributed by atoms with Gasteiger partial charge in [-0.05, 0) is 44.9 Å². The fraction of sp³-hybridized carbons (Fsp3) is 0.854. The summed E-state index contributed by atoms with van der Waals surface area (Å²) in [7, 11) is 0. The maximum atomic E-state index is 12.4. The van der Waals surface area contributed by atoms with Gasteiger partial charge in [0.25, 0.3) is 0 Å². The summed E-state index contributed by atoms with van der Waals surface area (Å²) < 4.78 is 0. The van der Waals surface area contributed by atoms with Gasteiger partial charge < -0.3 is 15.5 Å². The molecule has 0 radical (unpaired) electrons. The highest BCUT2D eigenvalue weighted by Crippen LogP contribution is 2.16. The second-order valence-corrected chi connectivity index (χ2v) is 15.8. The number of unbranched alkanes of at least 4 members (excludes halogenated alkanes) is 31. The third-order valence-electron chi connectivity index (χ3n) is 10.6. The summed E-state index contributed by atoms with van der Waals surface area (Å²) in [5.41, 5.74) is 0. The largest absolute Gasteiger partial charge is 0.394 e. The number of hydrogen-bond acceptors (Lipinski definition) is 3. The fourth-order valence-electron chi connectivity index (χ4n) is 7.03. The van der Waals surface area contributed by atoms with E-state index in [4.69, 9.17) is 0 Å². The van der Waals surface area contributed by atoms with E-state index in [0.29, 0.717) is 6.42 Å². The molecule has 0 aliphatic carbocycles. The number of nitrogens with one attached hydrogen (secondary N) is 1. The molecule has 0 aromatic rings. The highest BCUT2D eigenvalue weighted by atomic mass is 16.3. The Hall–Kier alpha value is -1.39. The van der Waals surface area contributed by atoms with Crippen molar-refractivity contribution in [2.24, 2.45) is 0 Å². The third-order valence-corrected chi connectivity index (χ3v) is 10.6. The van der Waals surface area contributed by atoms with Gasteiger partial charge in [0, 0.05) is 6.42 Å². The van der Waals surface area contributed by atoms with Gasteiger partial charge in [-0.25, -0.2) is 0 Å². The number of hydrogen-bond donors (Lipinski definition) is 3. The normalized spacial score (nSPS) is 13.2. The van der Waals surface area contributed by atoms with Crippen molar-refractivity contribution in [1.82, 2.24) is 5.32 Å². The Morgan fingerprint density at radius 1 is 0.442 bits per heavy atom. The number of aliphatic hydroxyl groups is 2. The van der Waals surface area contributed by atoms with Crippen LogP contribution < -0.4 is 5.32 Å². The first kappa shape index (κ1) is 50.6. The summed E-state index contributed by atoms with van der Waals surface area (Å²) in [6.07, 6.45) is 58.4. The molecule has 1 amide bonds. The van der Waals surface area contributed by atoms with E-state index in [0.717, 1.165) is 38.5 Å². The Balaban J connectivity index is 3.55. The number of carbonyl (C=O) groups is 1. The highest BCUT2D eigenvalue weighted by molar-refractivity contribution is 5.76. The van der Waals surface area contributed by atoms with Gasteiger partial charge in [0.2, 0.25) is 5.91 Å². The second-order valence-electron chi connectivity index (χ2n) is 15.8. The minimum atomic E-state index is -0.867. The van der Waals surface area contributed by atoms with Gasteiger partial charge in [0.15, 0.2) is 0 Å². The molecule has 52 heavy (non-hydrogen) atoms. The molecule has 4 nitrogen and oxygen atoms in total. The molecule has 0 aliphatic heterocycles. The van der Waals surface area contributed by atoms with Crippen LogP contribution in [0.25, 0.3) is 0 Å². The number of carbonyl (C=O) groups excluding carboxylic acids is 1. The molecule has 0 aromatic heterocycles. The van der Waals surface area contributed by atoms with Crippen LogP contribution in [0.5, 0.6) is 0 Å². The van der Waals surface area contributed by atoms with Crippen molar-refractivity contribution in [2.75, 3.05) is 6.61 Å². The van der Waals surface area contributed by atoms with Crippen LogP contribution in [0.1, 0.15) is 245 Å². The molecule has 0 aliphatic rings. The summed E-state index contributed by atoms with van der Waals surface area (Å²) in [6, 6.07) is -0.642. The summed E-state index contributed by atoms with van der Waals surface area (Å²) in [6.45, 7) is 4.30. The van der Waals surface area contributed by atoms with Gasteiger partial charge >= 0.3 is 0 Å². The van der Waals surface area contributed by atoms with Crippen LogP contribution in [0.4, 0.5) is 0 Å². The Kier molecular flexibility index (Phi) is 42.8. The molecule has 0 fully saturated rings. The van der Waals surface area contributed by atoms with Gasteiger partial charge in [-0.2, -0.15) is 0 Å². The number of rotatable bonds is 42. The zero-order valence-electron chi connectivity index (χ0n) is 35.1. The van der Waals surface area contributed by atoms with E-state index < -0.39 is 12.1 Å². The lowest BCUT2D eigenvalue weighted by Gasteiger charge is -2.19. The molecule has 2 atom stereocenters. The summed E-state index contributed by atoms with van der Waals surface area (Å²) in [5.74, 6) is -0.0748. The van der Waals surface area contributed by atoms with E-state index in [9.17, 15) is 15.0 Å². The maximum Gasteiger partial charge on any atom is 0.220 e. The average Bonchev–Trinajstić information content (AvgIpc) is 3.15. The SMILES string of the molecule is CCCCCCCC/C=C/CC/C=C/CC/C=C/C(O)C(CO)NC(=O)CCCCCCCCCCCCCCCCCCCCCCCCCC. The van der Waals surface area contributed by atoms with E-state index in [1.807, 2.05) is 6.08 Å². The van der Waals surface area contributed by atoms with E-state index in [-0.39, 0.29) is 12.5 Å². The Morgan fingerprint density at radius 3 is 1.12 bits per heavy atom. The smallest absolute Gasteiger partial charge is 0.220 e. The molecule has 0 aromatic carbocycles. The minimum absolute atomic E-state index is 0.0748. The molecule has 2 unspecified atom stereocenters. The number of amides is 1. The summed E-state index contributed by atoms with van der Waals surface area (Å²) in [4.78, 5) is 12.4. The first-order valence-corrected chi connectivity index (χ1v) is 23.2. The van der Waals surface area contributed by atoms with Crippen LogP contribution in [-0.2, 0) is 4.79 Å². The predicted molar refractivity (Wildman–Crippen MR) is 230 cm³/mol. The standard InChI is InChI=1S/C48H91NO3/c1-3-5-7-9-11-13-15-17-19-21-22-23-24-25-26-27-28-30-32-34-36-38-40-42-44-48(52)49-46(45-50)47(51)43-41-39-37-35-33-31-29-20-18-16-14-12-10-8-6-4-2/h18,20,33,35,41,43,46-47,50-51H,3-17,19,21-32,34,36-40,42,44-45H2,1-2H3,(H,49,52)/b20-18+,35-33+,43-41+. The van der Waals surface area contributed by atoms with Crippen molar-refractivity contribution < 1.29 is 15.0 Å². The first-order valence-electron chi connectivity index (χ1n) is 23.2. The molecule has 0 heterocycles. The molecule has 0 saturated carbocycles. The van der Waals surface area contributed by atoms with Gasteiger partial charge in [-0.15, -0.1) is 0 Å². The van der Waals surface area contributed by atoms with E-state index in [1.165, 1.54) is 186 Å².